The predicted molar refractivity (Wildman–Crippen MR) is 121 cm³/mol. The summed E-state index contributed by atoms with van der Waals surface area (Å²) in [5.41, 5.74) is 9.02. The van der Waals surface area contributed by atoms with E-state index in [4.69, 9.17) is 4.74 Å². The summed E-state index contributed by atoms with van der Waals surface area (Å²) >= 11 is 0. The fourth-order valence-corrected chi connectivity index (χ4v) is 4.89. The number of pyridine rings is 1. The van der Waals surface area contributed by atoms with Gasteiger partial charge in [0.15, 0.2) is 5.75 Å². The Balaban J connectivity index is 1.92. The van der Waals surface area contributed by atoms with Gasteiger partial charge in [-0.2, -0.15) is 4.57 Å². The molecule has 1 aromatic heterocycles. The van der Waals surface area contributed by atoms with Gasteiger partial charge in [0.25, 0.3) is 5.69 Å². The van der Waals surface area contributed by atoms with Gasteiger partial charge in [-0.15, -0.1) is 0 Å². The smallest absolute Gasteiger partial charge is 0.256 e. The Morgan fingerprint density at radius 3 is 2.48 bits per heavy atom. The molecule has 2 nitrogen and oxygen atoms in total. The monoisotopic (exact) mass is 382 g/mol. The maximum absolute atomic E-state index is 6.59. The average Bonchev–Trinajstić information content (AvgIpc) is 2.65. The van der Waals surface area contributed by atoms with E-state index >= 15 is 0 Å². The molecule has 0 aliphatic carbocycles. The Morgan fingerprint density at radius 2 is 1.72 bits per heavy atom. The van der Waals surface area contributed by atoms with Gasteiger partial charge in [0.05, 0.1) is 10.9 Å². The van der Waals surface area contributed by atoms with Crippen molar-refractivity contribution in [3.05, 3.63) is 64.7 Å². The van der Waals surface area contributed by atoms with E-state index in [1.54, 1.807) is 0 Å². The van der Waals surface area contributed by atoms with Crippen molar-refractivity contribution in [1.82, 2.24) is 0 Å². The molecule has 146 valence electrons. The lowest BCUT2D eigenvalue weighted by Gasteiger charge is -2.23. The van der Waals surface area contributed by atoms with E-state index in [1.807, 2.05) is 0 Å². The van der Waals surface area contributed by atoms with E-state index in [-0.39, 0.29) is 0 Å². The Kier molecular flexibility index (Phi) is 3.96. The summed E-state index contributed by atoms with van der Waals surface area (Å²) in [7, 11) is 2.16. The second kappa shape index (κ2) is 6.32. The molecule has 0 atom stereocenters. The van der Waals surface area contributed by atoms with Gasteiger partial charge < -0.3 is 4.74 Å². The van der Waals surface area contributed by atoms with E-state index < -0.39 is 0 Å². The number of rotatable bonds is 2. The molecule has 3 aromatic carbocycles. The van der Waals surface area contributed by atoms with Crippen molar-refractivity contribution in [1.29, 1.82) is 0 Å². The molecule has 5 rings (SSSR count). The molecule has 0 saturated carbocycles. The van der Waals surface area contributed by atoms with Crippen molar-refractivity contribution < 1.29 is 9.30 Å². The summed E-state index contributed by atoms with van der Waals surface area (Å²) in [6, 6.07) is 15.7. The van der Waals surface area contributed by atoms with Crippen LogP contribution in [0.3, 0.4) is 0 Å². The van der Waals surface area contributed by atoms with E-state index in [0.29, 0.717) is 5.92 Å². The molecule has 0 fully saturated rings. The van der Waals surface area contributed by atoms with Crippen molar-refractivity contribution >= 4 is 21.7 Å². The molecular weight excluding hydrogens is 354 g/mol. The minimum atomic E-state index is 0.617. The highest BCUT2D eigenvalue weighted by Gasteiger charge is 2.32. The van der Waals surface area contributed by atoms with Gasteiger partial charge in [-0.3, -0.25) is 0 Å². The molecular formula is C27H28NO+. The Labute approximate surface area is 172 Å². The number of hydrogen-bond acceptors (Lipinski definition) is 1. The fourth-order valence-electron chi connectivity index (χ4n) is 4.89. The highest BCUT2D eigenvalue weighted by atomic mass is 16.5. The number of fused-ring (bicyclic) bond motifs is 3. The van der Waals surface area contributed by atoms with Crippen LogP contribution in [0.5, 0.6) is 11.5 Å². The van der Waals surface area contributed by atoms with Crippen LogP contribution < -0.4 is 9.30 Å². The molecule has 2 heteroatoms. The number of hydrogen-bond donors (Lipinski definition) is 0. The Bertz CT molecular complexity index is 1310. The molecule has 1 aliphatic heterocycles. The first-order chi connectivity index (χ1) is 13.8. The van der Waals surface area contributed by atoms with Crippen LogP contribution in [-0.2, 0) is 13.5 Å². The minimum Gasteiger partial charge on any atom is -0.450 e. The van der Waals surface area contributed by atoms with Gasteiger partial charge in [0.2, 0.25) is 5.52 Å². The topological polar surface area (TPSA) is 13.1 Å². The number of benzene rings is 3. The number of aryl methyl sites for hydroxylation is 3. The maximum atomic E-state index is 6.59. The van der Waals surface area contributed by atoms with Crippen molar-refractivity contribution in [2.75, 3.05) is 0 Å². The van der Waals surface area contributed by atoms with Crippen LogP contribution in [0, 0.1) is 26.7 Å². The quantitative estimate of drug-likeness (QED) is 0.309. The zero-order valence-electron chi connectivity index (χ0n) is 18.2. The molecule has 2 heterocycles. The van der Waals surface area contributed by atoms with Gasteiger partial charge in [-0.25, -0.2) is 0 Å². The van der Waals surface area contributed by atoms with Crippen molar-refractivity contribution in [2.45, 2.75) is 41.0 Å². The number of ether oxygens (including phenoxy) is 1. The van der Waals surface area contributed by atoms with Crippen LogP contribution in [0.1, 0.15) is 36.1 Å². The maximum Gasteiger partial charge on any atom is 0.256 e. The van der Waals surface area contributed by atoms with Gasteiger partial charge in [-0.05, 0) is 66.8 Å². The highest BCUT2D eigenvalue weighted by Crippen LogP contribution is 2.48. The van der Waals surface area contributed by atoms with Crippen molar-refractivity contribution in [3.63, 3.8) is 0 Å². The molecule has 0 unspecified atom stereocenters. The predicted octanol–water partition coefficient (Wildman–Crippen LogP) is 6.71. The molecule has 29 heavy (non-hydrogen) atoms. The molecule has 1 aliphatic rings. The summed E-state index contributed by atoms with van der Waals surface area (Å²) in [6.07, 6.45) is 1.06. The molecule has 0 N–H and O–H groups in total. The summed E-state index contributed by atoms with van der Waals surface area (Å²) in [5, 5.41) is 3.78. The molecule has 0 amide bonds. The van der Waals surface area contributed by atoms with Gasteiger partial charge >= 0.3 is 0 Å². The van der Waals surface area contributed by atoms with Gasteiger partial charge in [-0.1, -0.05) is 38.1 Å². The third-order valence-electron chi connectivity index (χ3n) is 6.39. The molecule has 0 bridgehead atoms. The van der Waals surface area contributed by atoms with Crippen molar-refractivity contribution in [2.24, 2.45) is 13.0 Å². The number of nitrogens with zero attached hydrogens (tertiary/aromatic N) is 1. The lowest BCUT2D eigenvalue weighted by atomic mass is 9.88. The minimum absolute atomic E-state index is 0.617. The number of aromatic nitrogens is 1. The largest absolute Gasteiger partial charge is 0.450 e. The third kappa shape index (κ3) is 2.66. The van der Waals surface area contributed by atoms with Gasteiger partial charge in [0, 0.05) is 17.5 Å². The first-order valence-electron chi connectivity index (χ1n) is 10.5. The fraction of sp³-hybridized carbons (Fsp3) is 0.296. The highest BCUT2D eigenvalue weighted by molar-refractivity contribution is 6.05. The molecule has 0 saturated heterocycles. The Hall–Kier alpha value is -2.87. The third-order valence-corrected chi connectivity index (χ3v) is 6.39. The average molecular weight is 383 g/mol. The van der Waals surface area contributed by atoms with Crippen LogP contribution in [-0.4, -0.2) is 0 Å². The zero-order valence-corrected chi connectivity index (χ0v) is 18.2. The van der Waals surface area contributed by atoms with Crippen LogP contribution in [0.25, 0.3) is 32.9 Å². The molecule has 0 radical (unpaired) electrons. The van der Waals surface area contributed by atoms with Crippen LogP contribution in [0.4, 0.5) is 0 Å². The Morgan fingerprint density at radius 1 is 0.931 bits per heavy atom. The molecule has 4 aromatic rings. The van der Waals surface area contributed by atoms with Crippen LogP contribution in [0.2, 0.25) is 0 Å². The summed E-state index contributed by atoms with van der Waals surface area (Å²) in [5.74, 6) is 2.57. The SMILES string of the molecule is Cc1cc2cc(CC(C)C)cc3c2c(c1C)-c1c(cc2c(C)cccc2[n+]1C)O3. The van der Waals surface area contributed by atoms with E-state index in [0.717, 1.165) is 17.9 Å². The van der Waals surface area contributed by atoms with E-state index in [1.165, 1.54) is 55.2 Å². The second-order valence-electron chi connectivity index (χ2n) is 9.01. The summed E-state index contributed by atoms with van der Waals surface area (Å²) in [6.45, 7) is 11.2. The zero-order chi connectivity index (χ0) is 20.4. The lowest BCUT2D eigenvalue weighted by molar-refractivity contribution is -0.633. The van der Waals surface area contributed by atoms with Crippen LogP contribution >= 0.6 is 0 Å². The van der Waals surface area contributed by atoms with Crippen molar-refractivity contribution in [3.8, 4) is 22.8 Å². The van der Waals surface area contributed by atoms with Crippen LogP contribution in [0.15, 0.2) is 42.5 Å². The molecule has 0 spiro atoms. The first-order valence-corrected chi connectivity index (χ1v) is 10.5. The normalized spacial score (nSPS) is 12.5. The lowest BCUT2D eigenvalue weighted by Crippen LogP contribution is -2.33. The van der Waals surface area contributed by atoms with E-state index in [9.17, 15) is 0 Å². The van der Waals surface area contributed by atoms with Gasteiger partial charge in [0.1, 0.15) is 12.8 Å². The first kappa shape index (κ1) is 18.2. The summed E-state index contributed by atoms with van der Waals surface area (Å²) in [4.78, 5) is 0. The summed E-state index contributed by atoms with van der Waals surface area (Å²) < 4.78 is 8.90. The standard InChI is InChI=1S/C27H28NO/c1-15(2)10-19-12-20-11-17(4)18(5)25-26(20)23(13-19)29-24-14-21-16(3)8-7-9-22(21)28(6)27(24)25/h7-9,11-15H,10H2,1-6H3/q+1. The van der Waals surface area contributed by atoms with E-state index in [2.05, 4.69) is 88.7 Å². The second-order valence-corrected chi connectivity index (χ2v) is 9.01.